The topological polar surface area (TPSA) is 55.2 Å². The molecule has 5 heterocycles. The quantitative estimate of drug-likeness (QED) is 0.605. The molecule has 0 radical (unpaired) electrons. The van der Waals surface area contributed by atoms with Gasteiger partial charge in [0.2, 0.25) is 0 Å². The summed E-state index contributed by atoms with van der Waals surface area (Å²) in [5, 5.41) is 4.84. The van der Waals surface area contributed by atoms with Crippen LogP contribution in [0.5, 0.6) is 0 Å². The molecule has 0 unspecified atom stereocenters. The lowest BCUT2D eigenvalue weighted by atomic mass is 10.0. The second-order valence-electron chi connectivity index (χ2n) is 7.55. The number of ether oxygens (including phenoxy) is 1. The summed E-state index contributed by atoms with van der Waals surface area (Å²) in [5.74, 6) is 0.814. The predicted octanol–water partition coefficient (Wildman–Crippen LogP) is 4.07. The van der Waals surface area contributed by atoms with Crippen LogP contribution >= 0.6 is 23.8 Å². The Morgan fingerprint density at radius 2 is 2.10 bits per heavy atom. The molecule has 3 aromatic heterocycles. The van der Waals surface area contributed by atoms with Crippen molar-refractivity contribution in [2.45, 2.75) is 31.0 Å². The molecule has 0 saturated carbocycles. The van der Waals surface area contributed by atoms with Crippen molar-refractivity contribution in [3.8, 4) is 5.82 Å². The molecule has 2 fully saturated rings. The lowest BCUT2D eigenvalue weighted by Crippen LogP contribution is -2.36. The minimum Gasteiger partial charge on any atom is -0.376 e. The molecule has 1 N–H and O–H groups in total. The highest BCUT2D eigenvalue weighted by Gasteiger charge is 2.42. The van der Waals surface area contributed by atoms with Crippen LogP contribution in [-0.2, 0) is 4.74 Å². The highest BCUT2D eigenvalue weighted by Crippen LogP contribution is 2.40. The SMILES string of the molecule is S=C1N[C@@H](c2ccccn2)[C@@H](c2cccn2-c2ccc(Cl)cn2)N1C[C@@H]1CCCO1. The van der Waals surface area contributed by atoms with E-state index in [-0.39, 0.29) is 18.2 Å². The zero-order chi connectivity index (χ0) is 20.5. The molecule has 0 amide bonds. The van der Waals surface area contributed by atoms with Gasteiger partial charge in [-0.25, -0.2) is 4.98 Å². The third kappa shape index (κ3) is 3.69. The Balaban J connectivity index is 1.56. The second-order valence-corrected chi connectivity index (χ2v) is 8.37. The molecule has 0 bridgehead atoms. The number of nitrogens with one attached hydrogen (secondary N) is 1. The molecule has 6 nitrogen and oxygen atoms in total. The summed E-state index contributed by atoms with van der Waals surface area (Å²) in [6, 6.07) is 13.8. The Hall–Kier alpha value is -2.48. The van der Waals surface area contributed by atoms with Gasteiger partial charge in [-0.15, -0.1) is 0 Å². The first-order valence-electron chi connectivity index (χ1n) is 10.1. The van der Waals surface area contributed by atoms with E-state index in [1.165, 1.54) is 0 Å². The number of pyridine rings is 2. The molecule has 2 aliphatic heterocycles. The summed E-state index contributed by atoms with van der Waals surface area (Å²) in [5.41, 5.74) is 2.04. The summed E-state index contributed by atoms with van der Waals surface area (Å²) in [7, 11) is 0. The lowest BCUT2D eigenvalue weighted by molar-refractivity contribution is 0.0836. The fraction of sp³-hybridized carbons (Fsp3) is 0.318. The first kappa shape index (κ1) is 19.5. The van der Waals surface area contributed by atoms with Crippen molar-refractivity contribution in [1.29, 1.82) is 0 Å². The smallest absolute Gasteiger partial charge is 0.170 e. The van der Waals surface area contributed by atoms with Gasteiger partial charge in [0.15, 0.2) is 5.11 Å². The Bertz CT molecular complexity index is 1020. The van der Waals surface area contributed by atoms with E-state index in [4.69, 9.17) is 28.6 Å². The van der Waals surface area contributed by atoms with Crippen LogP contribution in [-0.4, -0.2) is 43.8 Å². The van der Waals surface area contributed by atoms with Crippen LogP contribution < -0.4 is 5.32 Å². The molecule has 0 aromatic carbocycles. The van der Waals surface area contributed by atoms with Crippen LogP contribution in [0.25, 0.3) is 5.82 Å². The zero-order valence-corrected chi connectivity index (χ0v) is 17.9. The highest BCUT2D eigenvalue weighted by atomic mass is 35.5. The van der Waals surface area contributed by atoms with Crippen molar-refractivity contribution in [1.82, 2.24) is 24.8 Å². The van der Waals surface area contributed by atoms with Crippen molar-refractivity contribution in [2.75, 3.05) is 13.2 Å². The van der Waals surface area contributed by atoms with Crippen LogP contribution in [0.4, 0.5) is 0 Å². The van der Waals surface area contributed by atoms with Crippen molar-refractivity contribution in [3.63, 3.8) is 0 Å². The molecule has 3 aromatic rings. The van der Waals surface area contributed by atoms with Gasteiger partial charge in [-0.2, -0.15) is 0 Å². The van der Waals surface area contributed by atoms with E-state index in [0.717, 1.165) is 48.3 Å². The summed E-state index contributed by atoms with van der Waals surface area (Å²) in [6.45, 7) is 1.57. The summed E-state index contributed by atoms with van der Waals surface area (Å²) < 4.78 is 8.01. The largest absolute Gasteiger partial charge is 0.376 e. The third-order valence-corrected chi connectivity index (χ3v) is 6.24. The molecule has 0 aliphatic carbocycles. The summed E-state index contributed by atoms with van der Waals surface area (Å²) in [4.78, 5) is 11.4. The van der Waals surface area contributed by atoms with Crippen molar-refractivity contribution >= 4 is 28.9 Å². The van der Waals surface area contributed by atoms with Crippen molar-refractivity contribution < 1.29 is 4.74 Å². The summed E-state index contributed by atoms with van der Waals surface area (Å²) in [6.07, 6.45) is 7.84. The minimum atomic E-state index is -0.0685. The van der Waals surface area contributed by atoms with Crippen LogP contribution in [0, 0.1) is 0 Å². The highest BCUT2D eigenvalue weighted by molar-refractivity contribution is 7.80. The normalized spacial score (nSPS) is 23.7. The Morgan fingerprint density at radius 1 is 1.17 bits per heavy atom. The maximum absolute atomic E-state index is 6.05. The van der Waals surface area contributed by atoms with E-state index in [9.17, 15) is 0 Å². The first-order valence-corrected chi connectivity index (χ1v) is 10.9. The zero-order valence-electron chi connectivity index (χ0n) is 16.3. The second kappa shape index (κ2) is 8.34. The molecular weight excluding hydrogens is 418 g/mol. The van der Waals surface area contributed by atoms with Crippen molar-refractivity contribution in [3.05, 3.63) is 77.5 Å². The van der Waals surface area contributed by atoms with Crippen LogP contribution in [0.1, 0.15) is 36.3 Å². The molecule has 8 heteroatoms. The number of aromatic nitrogens is 3. The van der Waals surface area contributed by atoms with Gasteiger partial charge in [0.25, 0.3) is 0 Å². The summed E-state index contributed by atoms with van der Waals surface area (Å²) >= 11 is 11.8. The number of hydrogen-bond donors (Lipinski definition) is 1. The fourth-order valence-corrected chi connectivity index (χ4v) is 4.71. The molecule has 0 spiro atoms. The molecule has 5 rings (SSSR count). The van der Waals surface area contributed by atoms with E-state index in [1.807, 2.05) is 48.8 Å². The number of nitrogens with zero attached hydrogens (tertiary/aromatic N) is 4. The van der Waals surface area contributed by atoms with Gasteiger partial charge in [0.1, 0.15) is 5.82 Å². The van der Waals surface area contributed by atoms with Crippen molar-refractivity contribution in [2.24, 2.45) is 0 Å². The van der Waals surface area contributed by atoms with Gasteiger partial charge in [0, 0.05) is 37.4 Å². The molecular formula is C22H22ClN5OS. The predicted molar refractivity (Wildman–Crippen MR) is 120 cm³/mol. The standard InChI is InChI=1S/C22H22ClN5OS/c23-15-8-9-19(25-13-15)27-11-3-7-18(27)21-20(17-6-1-2-10-24-17)26-22(30)28(21)14-16-5-4-12-29-16/h1-3,6-11,13,16,20-21H,4-5,12,14H2,(H,26,30)/t16-,20-,21+/m0/s1. The number of hydrogen-bond acceptors (Lipinski definition) is 4. The van der Waals surface area contributed by atoms with Gasteiger partial charge < -0.3 is 19.5 Å². The molecule has 154 valence electrons. The van der Waals surface area contributed by atoms with Gasteiger partial charge in [0.05, 0.1) is 28.9 Å². The van der Waals surface area contributed by atoms with Gasteiger partial charge in [-0.05, 0) is 61.5 Å². The van der Waals surface area contributed by atoms with E-state index >= 15 is 0 Å². The van der Waals surface area contributed by atoms with E-state index in [1.54, 1.807) is 6.20 Å². The number of rotatable bonds is 5. The average Bonchev–Trinajstić information content (AvgIpc) is 3.51. The van der Waals surface area contributed by atoms with Crippen LogP contribution in [0.15, 0.2) is 61.1 Å². The maximum atomic E-state index is 6.05. The average molecular weight is 440 g/mol. The van der Waals surface area contributed by atoms with E-state index < -0.39 is 0 Å². The Labute approximate surface area is 185 Å². The molecule has 2 saturated heterocycles. The third-order valence-electron chi connectivity index (χ3n) is 5.66. The number of thiocarbonyl (C=S) groups is 1. The first-order chi connectivity index (χ1) is 14.7. The minimum absolute atomic E-state index is 0.0379. The van der Waals surface area contributed by atoms with Gasteiger partial charge in [-0.1, -0.05) is 17.7 Å². The van der Waals surface area contributed by atoms with E-state index in [0.29, 0.717) is 5.02 Å². The maximum Gasteiger partial charge on any atom is 0.170 e. The lowest BCUT2D eigenvalue weighted by Gasteiger charge is -2.30. The van der Waals surface area contributed by atoms with Gasteiger partial charge in [-0.3, -0.25) is 4.98 Å². The van der Waals surface area contributed by atoms with Crippen LogP contribution in [0.2, 0.25) is 5.02 Å². The number of halogens is 1. The Kier molecular flexibility index (Phi) is 5.41. The Morgan fingerprint density at radius 3 is 2.83 bits per heavy atom. The van der Waals surface area contributed by atoms with Gasteiger partial charge >= 0.3 is 0 Å². The molecule has 3 atom stereocenters. The van der Waals surface area contributed by atoms with Crippen LogP contribution in [0.3, 0.4) is 0 Å². The van der Waals surface area contributed by atoms with E-state index in [2.05, 4.69) is 30.8 Å². The monoisotopic (exact) mass is 439 g/mol. The fourth-order valence-electron chi connectivity index (χ4n) is 4.29. The molecule has 30 heavy (non-hydrogen) atoms. The molecule has 2 aliphatic rings.